The molecule has 4 nitrogen and oxygen atoms in total. The molecule has 0 bridgehead atoms. The van der Waals surface area contributed by atoms with Crippen LogP contribution in [0, 0.1) is 0 Å². The van der Waals surface area contributed by atoms with E-state index in [0.29, 0.717) is 52.8 Å². The maximum Gasteiger partial charge on any atom is 0.118 e. The summed E-state index contributed by atoms with van der Waals surface area (Å²) < 4.78 is 5.08. The second-order valence-corrected chi connectivity index (χ2v) is 17.2. The minimum atomic E-state index is 0. The van der Waals surface area contributed by atoms with Crippen molar-refractivity contribution in [3.63, 3.8) is 0 Å². The van der Waals surface area contributed by atoms with Gasteiger partial charge in [-0.3, -0.25) is 0 Å². The number of phenolic OH excluding ortho intramolecular Hbond substituents is 3. The van der Waals surface area contributed by atoms with Crippen molar-refractivity contribution in [1.29, 1.82) is 0 Å². The van der Waals surface area contributed by atoms with Crippen LogP contribution in [0.25, 0.3) is 0 Å². The Labute approximate surface area is 485 Å². The van der Waals surface area contributed by atoms with Crippen LogP contribution in [0.3, 0.4) is 0 Å². The molecule has 0 aliphatic carbocycles. The molecule has 0 aromatic heterocycles. The molecule has 6 atom stereocenters. The Kier molecular flexibility index (Phi) is 77.9. The van der Waals surface area contributed by atoms with Crippen LogP contribution < -0.4 is 4.74 Å². The lowest BCUT2D eigenvalue weighted by atomic mass is 9.99. The van der Waals surface area contributed by atoms with Gasteiger partial charge in [0.1, 0.15) is 23.0 Å². The van der Waals surface area contributed by atoms with Crippen molar-refractivity contribution < 1.29 is 20.1 Å². The lowest BCUT2D eigenvalue weighted by Crippen LogP contribution is -1.90. The quantitative estimate of drug-likeness (QED) is 0.108. The Balaban J connectivity index is -0.0000000639. The van der Waals surface area contributed by atoms with Crippen LogP contribution in [0.1, 0.15) is 280 Å². The number of aromatic hydroxyl groups is 3. The molecular weight excluding hydrogens is 941 g/mol. The van der Waals surface area contributed by atoms with Gasteiger partial charge in [-0.1, -0.05) is 281 Å². The highest BCUT2D eigenvalue weighted by molar-refractivity contribution is 5.31. The molecule has 4 heteroatoms. The molecule has 0 heterocycles. The van der Waals surface area contributed by atoms with Crippen LogP contribution in [0.15, 0.2) is 158 Å². The minimum Gasteiger partial charge on any atom is -0.508 e. The molecule has 450 valence electrons. The van der Waals surface area contributed by atoms with Crippen LogP contribution in [-0.4, -0.2) is 22.4 Å². The molecular formula is C73H134O4. The van der Waals surface area contributed by atoms with Gasteiger partial charge in [0, 0.05) is 0 Å². The normalized spacial score (nSPS) is 10.9. The molecule has 0 aliphatic rings. The minimum absolute atomic E-state index is 0. The first-order valence-corrected chi connectivity index (χ1v) is 24.3. The Morgan fingerprint density at radius 3 is 0.727 bits per heavy atom. The molecule has 0 fully saturated rings. The number of ether oxygens (including phenoxy) is 1. The second-order valence-electron chi connectivity index (χ2n) is 17.2. The standard InChI is InChI=1S/C11H16O.3C10H14O.2C10H14.12CH4/c1-4-9(2)10-5-7-11(12-3)8-6-10;2*1-3-8(2)9-4-6-10(11)7-5-9;1-3-8(2)9-5-4-6-10(11)7-9;2*1-3-9(2)10-7-5-4-6-8-10;;;;;;;;;;;;/h5-9H,4H2,1-3H3;3*4-8,11H,3H2,1-2H3;2*4-9H,3H2,1-2H3;12*1H4. The fourth-order valence-corrected chi connectivity index (χ4v) is 6.35. The van der Waals surface area contributed by atoms with Gasteiger partial charge in [0.05, 0.1) is 7.11 Å². The summed E-state index contributed by atoms with van der Waals surface area (Å²) in [6, 6.07) is 51.9. The lowest BCUT2D eigenvalue weighted by Gasteiger charge is -2.08. The number of rotatable bonds is 13. The van der Waals surface area contributed by atoms with E-state index < -0.39 is 0 Å². The van der Waals surface area contributed by atoms with Crippen molar-refractivity contribution in [2.45, 2.75) is 246 Å². The smallest absolute Gasteiger partial charge is 0.118 e. The van der Waals surface area contributed by atoms with Crippen molar-refractivity contribution in [3.05, 3.63) is 191 Å². The maximum absolute atomic E-state index is 9.16. The highest BCUT2D eigenvalue weighted by Crippen LogP contribution is 2.24. The van der Waals surface area contributed by atoms with Gasteiger partial charge >= 0.3 is 0 Å². The fourth-order valence-electron chi connectivity index (χ4n) is 6.35. The molecule has 0 spiro atoms. The van der Waals surface area contributed by atoms with E-state index in [1.807, 2.05) is 54.6 Å². The second kappa shape index (κ2) is 59.8. The van der Waals surface area contributed by atoms with Crippen LogP contribution in [0.4, 0.5) is 0 Å². The van der Waals surface area contributed by atoms with Gasteiger partial charge in [-0.15, -0.1) is 0 Å². The summed E-state index contributed by atoms with van der Waals surface area (Å²) in [5, 5.41) is 27.2. The van der Waals surface area contributed by atoms with Gasteiger partial charge in [-0.05, 0) is 156 Å². The molecule has 6 aromatic rings. The average molecular weight is 1080 g/mol. The highest BCUT2D eigenvalue weighted by atomic mass is 16.5. The van der Waals surface area contributed by atoms with E-state index in [-0.39, 0.29) is 89.1 Å². The Bertz CT molecular complexity index is 1910. The fraction of sp³-hybridized carbons (Fsp3) is 0.507. The first-order valence-electron chi connectivity index (χ1n) is 24.3. The summed E-state index contributed by atoms with van der Waals surface area (Å²) in [4.78, 5) is 0. The third kappa shape index (κ3) is 42.3. The molecule has 0 aliphatic heterocycles. The first-order chi connectivity index (χ1) is 31.2. The predicted molar refractivity (Wildman–Crippen MR) is 363 cm³/mol. The monoisotopic (exact) mass is 1080 g/mol. The molecule has 0 radical (unpaired) electrons. The third-order valence-electron chi connectivity index (χ3n) is 12.5. The summed E-state index contributed by atoms with van der Waals surface area (Å²) in [5.74, 6) is 5.78. The molecule has 77 heavy (non-hydrogen) atoms. The van der Waals surface area contributed by atoms with Gasteiger partial charge in [0.2, 0.25) is 0 Å². The van der Waals surface area contributed by atoms with E-state index >= 15 is 0 Å². The summed E-state index contributed by atoms with van der Waals surface area (Å²) in [6.07, 6.45) is 7.04. The number of hydrogen-bond acceptors (Lipinski definition) is 4. The Hall–Kier alpha value is -5.48. The van der Waals surface area contributed by atoms with Crippen molar-refractivity contribution >= 4 is 0 Å². The topological polar surface area (TPSA) is 69.9 Å². The zero-order valence-corrected chi connectivity index (χ0v) is 42.5. The van der Waals surface area contributed by atoms with Gasteiger partial charge in [-0.25, -0.2) is 0 Å². The molecule has 0 amide bonds. The van der Waals surface area contributed by atoms with Gasteiger partial charge in [0.15, 0.2) is 0 Å². The van der Waals surface area contributed by atoms with Crippen LogP contribution in [0.5, 0.6) is 23.0 Å². The third-order valence-corrected chi connectivity index (χ3v) is 12.5. The number of phenols is 3. The molecule has 0 saturated carbocycles. The van der Waals surface area contributed by atoms with Crippen molar-refractivity contribution in [2.75, 3.05) is 7.11 Å². The summed E-state index contributed by atoms with van der Waals surface area (Å²) in [5.41, 5.74) is 8.09. The molecule has 3 N–H and O–H groups in total. The van der Waals surface area contributed by atoms with Gasteiger partial charge in [-0.2, -0.15) is 0 Å². The molecule has 0 saturated heterocycles. The van der Waals surface area contributed by atoms with Crippen LogP contribution >= 0.6 is 0 Å². The van der Waals surface area contributed by atoms with E-state index in [1.54, 1.807) is 37.4 Å². The van der Waals surface area contributed by atoms with E-state index in [0.717, 1.165) is 25.0 Å². The molecule has 6 rings (SSSR count). The Morgan fingerprint density at radius 2 is 0.494 bits per heavy atom. The summed E-state index contributed by atoms with van der Waals surface area (Å²) in [7, 11) is 1.69. The van der Waals surface area contributed by atoms with Gasteiger partial charge in [0.25, 0.3) is 0 Å². The number of hydrogen-bond donors (Lipinski definition) is 3. The first kappa shape index (κ1) is 100. The zero-order valence-electron chi connectivity index (χ0n) is 42.5. The lowest BCUT2D eigenvalue weighted by molar-refractivity contribution is 0.414. The highest BCUT2D eigenvalue weighted by Gasteiger charge is 2.05. The van der Waals surface area contributed by atoms with E-state index in [1.165, 1.54) is 52.6 Å². The van der Waals surface area contributed by atoms with Crippen LogP contribution in [0.2, 0.25) is 0 Å². The van der Waals surface area contributed by atoms with Crippen LogP contribution in [-0.2, 0) is 0 Å². The maximum atomic E-state index is 9.16. The molecule has 6 unspecified atom stereocenters. The summed E-state index contributed by atoms with van der Waals surface area (Å²) in [6.45, 7) is 26.4. The average Bonchev–Trinajstić information content (AvgIpc) is 3.36. The van der Waals surface area contributed by atoms with E-state index in [2.05, 4.69) is 156 Å². The van der Waals surface area contributed by atoms with E-state index in [4.69, 9.17) is 20.1 Å². The van der Waals surface area contributed by atoms with E-state index in [9.17, 15) is 0 Å². The summed E-state index contributed by atoms with van der Waals surface area (Å²) >= 11 is 0. The predicted octanol–water partition coefficient (Wildman–Crippen LogP) is 26.0. The zero-order chi connectivity index (χ0) is 48.6. The largest absolute Gasteiger partial charge is 0.508 e. The van der Waals surface area contributed by atoms with Crippen molar-refractivity contribution in [3.8, 4) is 23.0 Å². The Morgan fingerprint density at radius 1 is 0.273 bits per heavy atom. The number of methoxy groups -OCH3 is 1. The number of benzene rings is 6. The molecule has 6 aromatic carbocycles. The van der Waals surface area contributed by atoms with Gasteiger partial charge < -0.3 is 20.1 Å². The van der Waals surface area contributed by atoms with Crippen molar-refractivity contribution in [1.82, 2.24) is 0 Å². The van der Waals surface area contributed by atoms with Crippen molar-refractivity contribution in [2.24, 2.45) is 0 Å². The SMILES string of the molecule is C.C.C.C.C.C.C.C.C.C.C.C.CCC(C)c1ccc(O)cc1.CCC(C)c1ccc(O)cc1.CCC(C)c1ccc(OC)cc1.CCC(C)c1cccc(O)c1.CCC(C)c1ccccc1.CCC(C)c1ccccc1.